The van der Waals surface area contributed by atoms with Crippen LogP contribution >= 0.6 is 0 Å². The fourth-order valence-electron chi connectivity index (χ4n) is 2.98. The maximum atomic E-state index is 6.16. The number of aliphatic imine (C=N–C) groups is 1. The fourth-order valence-corrected chi connectivity index (χ4v) is 2.98. The molecular formula is C17H25N3O2. The molecule has 1 aliphatic carbocycles. The highest BCUT2D eigenvalue weighted by atomic mass is 16.5. The quantitative estimate of drug-likeness (QED) is 0.684. The van der Waals surface area contributed by atoms with Crippen molar-refractivity contribution in [2.75, 3.05) is 26.3 Å². The summed E-state index contributed by atoms with van der Waals surface area (Å²) in [6.45, 7) is 7.50. The molecule has 2 N–H and O–H groups in total. The Hall–Kier alpha value is -1.75. The highest BCUT2D eigenvalue weighted by molar-refractivity contribution is 5.78. The van der Waals surface area contributed by atoms with Crippen LogP contribution in [0.5, 0.6) is 5.75 Å². The van der Waals surface area contributed by atoms with Gasteiger partial charge < -0.3 is 20.1 Å². The van der Waals surface area contributed by atoms with Crippen LogP contribution in [0.4, 0.5) is 0 Å². The molecule has 1 heterocycles. The molecule has 2 aliphatic rings. The number of morpholine rings is 1. The van der Waals surface area contributed by atoms with Crippen LogP contribution in [0, 0.1) is 5.41 Å². The molecule has 22 heavy (non-hydrogen) atoms. The third kappa shape index (κ3) is 3.04. The van der Waals surface area contributed by atoms with Crippen LogP contribution in [-0.2, 0) is 4.74 Å². The molecule has 2 fully saturated rings. The zero-order chi connectivity index (χ0) is 15.6. The molecule has 1 saturated heterocycles. The zero-order valence-corrected chi connectivity index (χ0v) is 13.4. The van der Waals surface area contributed by atoms with Crippen molar-refractivity contribution in [3.63, 3.8) is 0 Å². The van der Waals surface area contributed by atoms with Gasteiger partial charge in [0.05, 0.1) is 19.3 Å². The van der Waals surface area contributed by atoms with Crippen molar-refractivity contribution in [3.05, 3.63) is 30.3 Å². The van der Waals surface area contributed by atoms with Crippen LogP contribution < -0.4 is 10.5 Å². The van der Waals surface area contributed by atoms with Crippen molar-refractivity contribution in [3.8, 4) is 5.75 Å². The molecule has 5 nitrogen and oxygen atoms in total. The number of hydrogen-bond donors (Lipinski definition) is 1. The predicted octanol–water partition coefficient (Wildman–Crippen LogP) is 1.88. The number of benzene rings is 1. The van der Waals surface area contributed by atoms with Crippen LogP contribution in [-0.4, -0.2) is 49.3 Å². The number of ether oxygens (including phenoxy) is 2. The molecule has 0 spiro atoms. The molecule has 0 amide bonds. The molecule has 3 rings (SSSR count). The summed E-state index contributed by atoms with van der Waals surface area (Å²) in [6.07, 6.45) is 1.09. The van der Waals surface area contributed by atoms with E-state index in [-0.39, 0.29) is 17.6 Å². The normalized spacial score (nSPS) is 28.1. The number of nitrogens with two attached hydrogens (primary N) is 1. The molecule has 1 aromatic rings. The Kier molecular flexibility index (Phi) is 4.25. The Balaban J connectivity index is 1.60. The van der Waals surface area contributed by atoms with Gasteiger partial charge in [0.25, 0.3) is 0 Å². The third-order valence-corrected chi connectivity index (χ3v) is 4.77. The highest BCUT2D eigenvalue weighted by Gasteiger charge is 2.50. The average molecular weight is 303 g/mol. The number of para-hydroxylation sites is 1. The van der Waals surface area contributed by atoms with Gasteiger partial charge in [-0.1, -0.05) is 32.0 Å². The molecule has 1 aromatic carbocycles. The first-order valence-electron chi connectivity index (χ1n) is 7.95. The molecule has 1 aliphatic heterocycles. The monoisotopic (exact) mass is 303 g/mol. The molecule has 120 valence electrons. The van der Waals surface area contributed by atoms with Crippen molar-refractivity contribution < 1.29 is 9.47 Å². The lowest BCUT2D eigenvalue weighted by Gasteiger charge is -2.49. The first-order valence-corrected chi connectivity index (χ1v) is 7.95. The average Bonchev–Trinajstić information content (AvgIpc) is 2.55. The lowest BCUT2D eigenvalue weighted by molar-refractivity contribution is -0.0396. The van der Waals surface area contributed by atoms with Crippen LogP contribution in [0.3, 0.4) is 0 Å². The fraction of sp³-hybridized carbons (Fsp3) is 0.588. The Morgan fingerprint density at radius 3 is 2.59 bits per heavy atom. The van der Waals surface area contributed by atoms with E-state index in [4.69, 9.17) is 20.2 Å². The van der Waals surface area contributed by atoms with E-state index < -0.39 is 0 Å². The second-order valence-corrected chi connectivity index (χ2v) is 6.58. The molecule has 5 heteroatoms. The van der Waals surface area contributed by atoms with Crippen molar-refractivity contribution in [1.82, 2.24) is 4.90 Å². The van der Waals surface area contributed by atoms with Gasteiger partial charge in [0, 0.05) is 24.9 Å². The summed E-state index contributed by atoms with van der Waals surface area (Å²) in [6, 6.07) is 10.2. The third-order valence-electron chi connectivity index (χ3n) is 4.77. The molecular weight excluding hydrogens is 278 g/mol. The topological polar surface area (TPSA) is 60.1 Å². The van der Waals surface area contributed by atoms with Crippen molar-refractivity contribution in [1.29, 1.82) is 0 Å². The standard InChI is InChI=1S/C17H25N3O2/c1-17(2)14(19-16(18)20-8-10-21-11-9-20)12-15(17)22-13-6-4-3-5-7-13/h3-7,14-15H,8-12H2,1-2H3,(H2,18,19)/t14-,15+/m0/s1. The summed E-state index contributed by atoms with van der Waals surface area (Å²) in [7, 11) is 0. The number of hydrogen-bond acceptors (Lipinski definition) is 3. The Morgan fingerprint density at radius 1 is 1.27 bits per heavy atom. The number of guanidine groups is 1. The zero-order valence-electron chi connectivity index (χ0n) is 13.4. The summed E-state index contributed by atoms with van der Waals surface area (Å²) in [4.78, 5) is 6.84. The summed E-state index contributed by atoms with van der Waals surface area (Å²) < 4.78 is 11.4. The van der Waals surface area contributed by atoms with Gasteiger partial charge in [0.15, 0.2) is 5.96 Å². The van der Waals surface area contributed by atoms with E-state index in [0.717, 1.165) is 38.5 Å². The summed E-state index contributed by atoms with van der Waals surface area (Å²) >= 11 is 0. The van der Waals surface area contributed by atoms with Crippen molar-refractivity contribution in [2.45, 2.75) is 32.4 Å². The maximum Gasteiger partial charge on any atom is 0.191 e. The van der Waals surface area contributed by atoms with E-state index in [0.29, 0.717) is 5.96 Å². The largest absolute Gasteiger partial charge is 0.490 e. The maximum absolute atomic E-state index is 6.16. The molecule has 0 radical (unpaired) electrons. The highest BCUT2D eigenvalue weighted by Crippen LogP contribution is 2.45. The van der Waals surface area contributed by atoms with Gasteiger partial charge in [0.2, 0.25) is 0 Å². The summed E-state index contributed by atoms with van der Waals surface area (Å²) in [5.41, 5.74) is 6.15. The lowest BCUT2D eigenvalue weighted by atomic mass is 9.64. The molecule has 2 atom stereocenters. The van der Waals surface area contributed by atoms with Crippen LogP contribution in [0.25, 0.3) is 0 Å². The van der Waals surface area contributed by atoms with E-state index in [9.17, 15) is 0 Å². The minimum absolute atomic E-state index is 0.00719. The van der Waals surface area contributed by atoms with E-state index in [1.54, 1.807) is 0 Å². The molecule has 1 saturated carbocycles. The molecule has 0 bridgehead atoms. The van der Waals surface area contributed by atoms with Crippen LogP contribution in [0.1, 0.15) is 20.3 Å². The Bertz CT molecular complexity index is 524. The number of nitrogens with zero attached hydrogens (tertiary/aromatic N) is 2. The SMILES string of the molecule is CC1(C)[C@@H](N=C(N)N2CCOCC2)C[C@H]1Oc1ccccc1. The summed E-state index contributed by atoms with van der Waals surface area (Å²) in [5.74, 6) is 1.56. The second kappa shape index (κ2) is 6.16. The Labute approximate surface area is 132 Å². The van der Waals surface area contributed by atoms with Crippen molar-refractivity contribution >= 4 is 5.96 Å². The van der Waals surface area contributed by atoms with Crippen LogP contribution in [0.2, 0.25) is 0 Å². The minimum Gasteiger partial charge on any atom is -0.490 e. The second-order valence-electron chi connectivity index (χ2n) is 6.58. The Morgan fingerprint density at radius 2 is 1.95 bits per heavy atom. The van der Waals surface area contributed by atoms with Gasteiger partial charge in [-0.25, -0.2) is 4.99 Å². The molecule has 0 unspecified atom stereocenters. The minimum atomic E-state index is -0.00719. The lowest BCUT2D eigenvalue weighted by Crippen LogP contribution is -2.56. The smallest absolute Gasteiger partial charge is 0.191 e. The van der Waals surface area contributed by atoms with Gasteiger partial charge in [-0.05, 0) is 12.1 Å². The van der Waals surface area contributed by atoms with E-state index in [1.807, 2.05) is 30.3 Å². The van der Waals surface area contributed by atoms with Gasteiger partial charge >= 0.3 is 0 Å². The van der Waals surface area contributed by atoms with Crippen LogP contribution in [0.15, 0.2) is 35.3 Å². The van der Waals surface area contributed by atoms with Gasteiger partial charge in [-0.3, -0.25) is 0 Å². The first-order chi connectivity index (χ1) is 10.6. The van der Waals surface area contributed by atoms with Gasteiger partial charge in [-0.2, -0.15) is 0 Å². The predicted molar refractivity (Wildman–Crippen MR) is 87.1 cm³/mol. The van der Waals surface area contributed by atoms with E-state index in [1.165, 1.54) is 0 Å². The van der Waals surface area contributed by atoms with E-state index >= 15 is 0 Å². The first kappa shape index (κ1) is 15.2. The number of rotatable bonds is 3. The van der Waals surface area contributed by atoms with Gasteiger partial charge in [0.1, 0.15) is 11.9 Å². The van der Waals surface area contributed by atoms with Gasteiger partial charge in [-0.15, -0.1) is 0 Å². The van der Waals surface area contributed by atoms with E-state index in [2.05, 4.69) is 18.7 Å². The van der Waals surface area contributed by atoms with Crippen molar-refractivity contribution in [2.24, 2.45) is 16.1 Å². The summed E-state index contributed by atoms with van der Waals surface area (Å²) in [5, 5.41) is 0. The molecule has 0 aromatic heterocycles.